The summed E-state index contributed by atoms with van der Waals surface area (Å²) in [6.45, 7) is 3.08. The van der Waals surface area contributed by atoms with Crippen LogP contribution >= 0.6 is 27.5 Å². The molecule has 0 amide bonds. The van der Waals surface area contributed by atoms with Crippen molar-refractivity contribution in [3.05, 3.63) is 99.0 Å². The summed E-state index contributed by atoms with van der Waals surface area (Å²) in [5.74, 6) is 1.38. The number of hydrogen-bond donors (Lipinski definition) is 1. The fourth-order valence-electron chi connectivity index (χ4n) is 3.49. The second-order valence-electron chi connectivity index (χ2n) is 7.35. The molecule has 0 saturated carbocycles. The second-order valence-corrected chi connectivity index (χ2v) is 8.62. The monoisotopic (exact) mass is 495 g/mol. The number of nitrogens with one attached hydrogen (secondary N) is 1. The van der Waals surface area contributed by atoms with Crippen molar-refractivity contribution in [3.63, 3.8) is 0 Å². The Morgan fingerprint density at radius 3 is 2.58 bits per heavy atom. The number of anilines is 1. The minimum atomic E-state index is 0.454. The summed E-state index contributed by atoms with van der Waals surface area (Å²) in [4.78, 5) is 0. The summed E-state index contributed by atoms with van der Waals surface area (Å²) in [6.07, 6.45) is 0. The molecular weight excluding hydrogens is 474 g/mol. The molecule has 0 fully saturated rings. The predicted molar refractivity (Wildman–Crippen MR) is 132 cm³/mol. The first kappa shape index (κ1) is 21.5. The average molecular weight is 497 g/mol. The van der Waals surface area contributed by atoms with E-state index in [1.54, 1.807) is 7.11 Å². The topological polar surface area (TPSA) is 30.5 Å². The molecule has 0 unspecified atom stereocenters. The molecule has 4 aromatic rings. The number of ether oxygens (including phenoxy) is 2. The van der Waals surface area contributed by atoms with Crippen LogP contribution < -0.4 is 14.8 Å². The van der Waals surface area contributed by atoms with Crippen LogP contribution in [0.1, 0.15) is 16.7 Å². The number of rotatable bonds is 7. The van der Waals surface area contributed by atoms with Gasteiger partial charge in [0.25, 0.3) is 0 Å². The third-order valence-corrected chi connectivity index (χ3v) is 6.21. The molecular formula is C26H23BrClNO2. The van der Waals surface area contributed by atoms with Crippen LogP contribution in [0.3, 0.4) is 0 Å². The lowest BCUT2D eigenvalue weighted by Crippen LogP contribution is -2.03. The van der Waals surface area contributed by atoms with Crippen molar-refractivity contribution in [2.45, 2.75) is 20.1 Å². The zero-order valence-corrected chi connectivity index (χ0v) is 19.8. The summed E-state index contributed by atoms with van der Waals surface area (Å²) >= 11 is 9.88. The number of fused-ring (bicyclic) bond motifs is 1. The van der Waals surface area contributed by atoms with E-state index in [1.165, 1.54) is 10.8 Å². The molecule has 1 N–H and O–H groups in total. The normalized spacial score (nSPS) is 10.8. The number of aryl methyl sites for hydroxylation is 1. The van der Waals surface area contributed by atoms with Gasteiger partial charge in [-0.15, -0.1) is 0 Å². The van der Waals surface area contributed by atoms with Gasteiger partial charge in [-0.1, -0.05) is 60.1 Å². The Kier molecular flexibility index (Phi) is 6.69. The molecule has 0 heterocycles. The van der Waals surface area contributed by atoms with Crippen LogP contribution in [-0.4, -0.2) is 7.11 Å². The summed E-state index contributed by atoms with van der Waals surface area (Å²) in [7, 11) is 1.66. The fourth-order valence-corrected chi connectivity index (χ4v) is 4.28. The Labute approximate surface area is 196 Å². The van der Waals surface area contributed by atoms with Crippen molar-refractivity contribution in [1.82, 2.24) is 0 Å². The third-order valence-electron chi connectivity index (χ3n) is 5.21. The van der Waals surface area contributed by atoms with Crippen LogP contribution in [0, 0.1) is 6.92 Å². The smallest absolute Gasteiger partial charge is 0.175 e. The zero-order chi connectivity index (χ0) is 21.8. The van der Waals surface area contributed by atoms with Crippen LogP contribution in [0.2, 0.25) is 5.02 Å². The van der Waals surface area contributed by atoms with Crippen LogP contribution in [0.15, 0.2) is 77.3 Å². The minimum absolute atomic E-state index is 0.454. The maximum atomic E-state index is 6.23. The van der Waals surface area contributed by atoms with Gasteiger partial charge in [0.1, 0.15) is 6.61 Å². The maximum Gasteiger partial charge on any atom is 0.175 e. The van der Waals surface area contributed by atoms with E-state index in [1.807, 2.05) is 49.4 Å². The summed E-state index contributed by atoms with van der Waals surface area (Å²) in [5, 5.41) is 6.55. The molecule has 0 saturated heterocycles. The van der Waals surface area contributed by atoms with Gasteiger partial charge in [-0.05, 0) is 74.6 Å². The molecule has 0 spiro atoms. The Balaban J connectivity index is 1.51. The molecule has 0 aliphatic rings. The van der Waals surface area contributed by atoms with Gasteiger partial charge >= 0.3 is 0 Å². The second kappa shape index (κ2) is 9.63. The lowest BCUT2D eigenvalue weighted by molar-refractivity contribution is 0.283. The summed E-state index contributed by atoms with van der Waals surface area (Å²) in [5.41, 5.74) is 4.23. The lowest BCUT2D eigenvalue weighted by atomic mass is 10.1. The SMILES string of the molecule is COc1cc(CNc2ccc(C)c(Cl)c2)cc(Br)c1OCc1cccc2ccccc12. The molecule has 4 aromatic carbocycles. The zero-order valence-electron chi connectivity index (χ0n) is 17.4. The van der Waals surface area contributed by atoms with Gasteiger partial charge in [-0.3, -0.25) is 0 Å². The first-order valence-electron chi connectivity index (χ1n) is 10.0. The fraction of sp³-hybridized carbons (Fsp3) is 0.154. The van der Waals surface area contributed by atoms with Gasteiger partial charge in [0.2, 0.25) is 0 Å². The average Bonchev–Trinajstić information content (AvgIpc) is 2.78. The number of methoxy groups -OCH3 is 1. The van der Waals surface area contributed by atoms with Gasteiger partial charge in [0, 0.05) is 17.3 Å². The highest BCUT2D eigenvalue weighted by atomic mass is 79.9. The molecule has 4 rings (SSSR count). The van der Waals surface area contributed by atoms with E-state index in [9.17, 15) is 0 Å². The molecule has 0 bridgehead atoms. The van der Waals surface area contributed by atoms with Crippen LogP contribution in [-0.2, 0) is 13.2 Å². The van der Waals surface area contributed by atoms with Crippen molar-refractivity contribution < 1.29 is 9.47 Å². The van der Waals surface area contributed by atoms with E-state index in [2.05, 4.69) is 51.6 Å². The molecule has 31 heavy (non-hydrogen) atoms. The highest BCUT2D eigenvalue weighted by molar-refractivity contribution is 9.10. The van der Waals surface area contributed by atoms with E-state index in [0.29, 0.717) is 24.7 Å². The highest BCUT2D eigenvalue weighted by Crippen LogP contribution is 2.38. The summed E-state index contributed by atoms with van der Waals surface area (Å²) in [6, 6.07) is 24.6. The molecule has 5 heteroatoms. The van der Waals surface area contributed by atoms with Crippen molar-refractivity contribution >= 4 is 44.0 Å². The van der Waals surface area contributed by atoms with E-state index in [0.717, 1.165) is 31.9 Å². The van der Waals surface area contributed by atoms with E-state index in [-0.39, 0.29) is 0 Å². The third kappa shape index (κ3) is 4.97. The standard InChI is InChI=1S/C26H23BrClNO2/c1-17-10-11-21(14-24(17)28)29-15-18-12-23(27)26(25(13-18)30-2)31-16-20-8-5-7-19-6-3-4-9-22(19)20/h3-14,29H,15-16H2,1-2H3. The van der Waals surface area contributed by atoms with Gasteiger partial charge in [-0.25, -0.2) is 0 Å². The van der Waals surface area contributed by atoms with Crippen molar-refractivity contribution in [2.75, 3.05) is 12.4 Å². The first-order valence-corrected chi connectivity index (χ1v) is 11.2. The van der Waals surface area contributed by atoms with Gasteiger partial charge in [0.05, 0.1) is 11.6 Å². The van der Waals surface area contributed by atoms with E-state index < -0.39 is 0 Å². The van der Waals surface area contributed by atoms with Crippen molar-refractivity contribution in [1.29, 1.82) is 0 Å². The largest absolute Gasteiger partial charge is 0.493 e. The van der Waals surface area contributed by atoms with Crippen molar-refractivity contribution in [2.24, 2.45) is 0 Å². The molecule has 0 aromatic heterocycles. The summed E-state index contributed by atoms with van der Waals surface area (Å²) < 4.78 is 12.7. The quantitative estimate of drug-likeness (QED) is 0.283. The van der Waals surface area contributed by atoms with Crippen LogP contribution in [0.5, 0.6) is 11.5 Å². The lowest BCUT2D eigenvalue weighted by Gasteiger charge is -2.16. The Morgan fingerprint density at radius 1 is 0.968 bits per heavy atom. The molecule has 0 radical (unpaired) electrons. The van der Waals surface area contributed by atoms with E-state index in [4.69, 9.17) is 21.1 Å². The van der Waals surface area contributed by atoms with Crippen molar-refractivity contribution in [3.8, 4) is 11.5 Å². The van der Waals surface area contributed by atoms with Gasteiger partial charge in [0.15, 0.2) is 11.5 Å². The molecule has 0 aliphatic heterocycles. The Morgan fingerprint density at radius 2 is 1.77 bits per heavy atom. The van der Waals surface area contributed by atoms with Gasteiger partial charge in [-0.2, -0.15) is 0 Å². The highest BCUT2D eigenvalue weighted by Gasteiger charge is 2.13. The molecule has 3 nitrogen and oxygen atoms in total. The Bertz CT molecular complexity index is 1220. The minimum Gasteiger partial charge on any atom is -0.493 e. The number of hydrogen-bond acceptors (Lipinski definition) is 3. The van der Waals surface area contributed by atoms with Crippen LogP contribution in [0.4, 0.5) is 5.69 Å². The predicted octanol–water partition coefficient (Wildman–Crippen LogP) is 7.76. The Hall–Kier alpha value is -2.69. The number of halogens is 2. The maximum absolute atomic E-state index is 6.23. The van der Waals surface area contributed by atoms with Crippen LogP contribution in [0.25, 0.3) is 10.8 Å². The van der Waals surface area contributed by atoms with Gasteiger partial charge < -0.3 is 14.8 Å². The van der Waals surface area contributed by atoms with E-state index >= 15 is 0 Å². The molecule has 0 atom stereocenters. The molecule has 158 valence electrons. The first-order chi connectivity index (χ1) is 15.0. The number of benzene rings is 4. The molecule has 0 aliphatic carbocycles.